The van der Waals surface area contributed by atoms with Gasteiger partial charge in [-0.2, -0.15) is 17.5 Å². The lowest BCUT2D eigenvalue weighted by atomic mass is 9.72. The molecule has 1 saturated carbocycles. The second kappa shape index (κ2) is 9.79. The standard InChI is InChI=1S/C19H18F3N5O3S2.ClH/c20-19(21,22)16-10-31-27-17(16)30-9-11-5-12(6-11)13-7-24-18(25-8-13)26-14-1-3-15(4-2-14)32(23,28)29;/h1-4,7-8,10-12H,5-6,9H2,(H2,23,28,29)(H,24,25,26);1H. The van der Waals surface area contributed by atoms with E-state index in [-0.39, 0.29) is 41.6 Å². The Kier molecular flexibility index (Phi) is 7.46. The molecule has 178 valence electrons. The van der Waals surface area contributed by atoms with Crippen LogP contribution < -0.4 is 15.2 Å². The van der Waals surface area contributed by atoms with Crippen molar-refractivity contribution in [3.05, 3.63) is 53.2 Å². The van der Waals surface area contributed by atoms with Crippen LogP contribution in [0, 0.1) is 5.92 Å². The summed E-state index contributed by atoms with van der Waals surface area (Å²) in [5.41, 5.74) is 0.696. The van der Waals surface area contributed by atoms with Crippen molar-refractivity contribution in [3.63, 3.8) is 0 Å². The number of hydrogen-bond donors (Lipinski definition) is 2. The number of benzene rings is 1. The third kappa shape index (κ3) is 6.10. The Morgan fingerprint density at radius 2 is 1.79 bits per heavy atom. The largest absolute Gasteiger partial charge is 0.476 e. The third-order valence-corrected chi connectivity index (χ3v) is 6.66. The molecule has 1 fully saturated rings. The summed E-state index contributed by atoms with van der Waals surface area (Å²) in [6.07, 6.45) is 0.436. The molecule has 3 N–H and O–H groups in total. The SMILES string of the molecule is Cl.NS(=O)(=O)c1ccc(Nc2ncc(C3CC(COc4nscc4C(F)(F)F)C3)cn2)cc1. The highest BCUT2D eigenvalue weighted by molar-refractivity contribution is 7.89. The molecule has 0 unspecified atom stereocenters. The van der Waals surface area contributed by atoms with Crippen LogP contribution in [0.4, 0.5) is 24.8 Å². The van der Waals surface area contributed by atoms with Gasteiger partial charge in [-0.1, -0.05) is 0 Å². The number of ether oxygens (including phenoxy) is 1. The zero-order valence-corrected chi connectivity index (χ0v) is 19.3. The van der Waals surface area contributed by atoms with Gasteiger partial charge in [0.25, 0.3) is 0 Å². The van der Waals surface area contributed by atoms with Gasteiger partial charge < -0.3 is 10.1 Å². The summed E-state index contributed by atoms with van der Waals surface area (Å²) in [4.78, 5) is 8.54. The molecule has 0 bridgehead atoms. The molecule has 0 atom stereocenters. The molecule has 3 aromatic rings. The van der Waals surface area contributed by atoms with E-state index in [4.69, 9.17) is 9.88 Å². The number of nitrogens with two attached hydrogens (primary N) is 1. The molecule has 14 heteroatoms. The zero-order valence-electron chi connectivity index (χ0n) is 16.8. The predicted molar refractivity (Wildman–Crippen MR) is 118 cm³/mol. The summed E-state index contributed by atoms with van der Waals surface area (Å²) < 4.78 is 70.2. The number of primary sulfonamides is 1. The Balaban J connectivity index is 0.00000306. The molecular formula is C19H19ClF3N5O3S2. The fourth-order valence-corrected chi connectivity index (χ4v) is 4.48. The van der Waals surface area contributed by atoms with Crippen LogP contribution >= 0.6 is 23.9 Å². The van der Waals surface area contributed by atoms with E-state index in [1.54, 1.807) is 24.5 Å². The minimum atomic E-state index is -4.47. The monoisotopic (exact) mass is 521 g/mol. The first-order chi connectivity index (χ1) is 15.1. The van der Waals surface area contributed by atoms with E-state index in [1.807, 2.05) is 0 Å². The Morgan fingerprint density at radius 3 is 2.36 bits per heavy atom. The van der Waals surface area contributed by atoms with Gasteiger partial charge in [-0.25, -0.2) is 23.5 Å². The molecule has 1 aromatic carbocycles. The van der Waals surface area contributed by atoms with Gasteiger partial charge in [0.15, 0.2) is 0 Å². The fraction of sp³-hybridized carbons (Fsp3) is 0.316. The first-order valence-corrected chi connectivity index (χ1v) is 11.8. The smallest absolute Gasteiger partial charge is 0.422 e. The summed E-state index contributed by atoms with van der Waals surface area (Å²) in [5.74, 6) is 0.337. The lowest BCUT2D eigenvalue weighted by Gasteiger charge is -2.34. The van der Waals surface area contributed by atoms with Gasteiger partial charge in [0, 0.05) is 23.5 Å². The van der Waals surface area contributed by atoms with E-state index in [0.717, 1.165) is 35.3 Å². The van der Waals surface area contributed by atoms with Gasteiger partial charge in [-0.05, 0) is 66.0 Å². The van der Waals surface area contributed by atoms with E-state index >= 15 is 0 Å². The molecule has 8 nitrogen and oxygen atoms in total. The summed E-state index contributed by atoms with van der Waals surface area (Å²) in [7, 11) is -3.76. The Bertz CT molecular complexity index is 1180. The first-order valence-electron chi connectivity index (χ1n) is 9.46. The van der Waals surface area contributed by atoms with Crippen LogP contribution in [-0.4, -0.2) is 29.4 Å². The van der Waals surface area contributed by atoms with Crippen molar-refractivity contribution in [2.45, 2.75) is 29.8 Å². The molecule has 0 amide bonds. The molecule has 1 aliphatic rings. The lowest BCUT2D eigenvalue weighted by Crippen LogP contribution is -2.27. The molecule has 0 spiro atoms. The molecule has 2 heterocycles. The van der Waals surface area contributed by atoms with E-state index in [9.17, 15) is 21.6 Å². The van der Waals surface area contributed by atoms with Crippen LogP contribution in [0.25, 0.3) is 0 Å². The second-order valence-electron chi connectivity index (χ2n) is 7.41. The Morgan fingerprint density at radius 1 is 1.15 bits per heavy atom. The highest BCUT2D eigenvalue weighted by atomic mass is 35.5. The van der Waals surface area contributed by atoms with Crippen LogP contribution in [0.3, 0.4) is 0 Å². The van der Waals surface area contributed by atoms with Crippen molar-refractivity contribution in [1.82, 2.24) is 14.3 Å². The fourth-order valence-electron chi connectivity index (χ4n) is 3.33. The number of rotatable bonds is 7. The van der Waals surface area contributed by atoms with E-state index in [2.05, 4.69) is 19.7 Å². The molecular weight excluding hydrogens is 503 g/mol. The molecule has 1 aliphatic carbocycles. The van der Waals surface area contributed by atoms with E-state index < -0.39 is 21.8 Å². The van der Waals surface area contributed by atoms with Crippen LogP contribution in [0.15, 0.2) is 46.9 Å². The van der Waals surface area contributed by atoms with Crippen molar-refractivity contribution in [2.24, 2.45) is 11.1 Å². The topological polar surface area (TPSA) is 120 Å². The molecule has 33 heavy (non-hydrogen) atoms. The Labute approximate surface area is 198 Å². The van der Waals surface area contributed by atoms with Gasteiger partial charge in [-0.15, -0.1) is 12.4 Å². The number of halogens is 4. The van der Waals surface area contributed by atoms with Crippen LogP contribution in [-0.2, 0) is 16.2 Å². The quantitative estimate of drug-likeness (QED) is 0.474. The first kappa shape index (κ1) is 25.1. The second-order valence-corrected chi connectivity index (χ2v) is 9.60. The third-order valence-electron chi connectivity index (χ3n) is 5.12. The number of nitrogens with one attached hydrogen (secondary N) is 1. The van der Waals surface area contributed by atoms with Gasteiger partial charge in [0.05, 0.1) is 11.5 Å². The lowest BCUT2D eigenvalue weighted by molar-refractivity contribution is -0.139. The van der Waals surface area contributed by atoms with Crippen molar-refractivity contribution in [3.8, 4) is 5.88 Å². The van der Waals surface area contributed by atoms with Crippen LogP contribution in [0.2, 0.25) is 0 Å². The van der Waals surface area contributed by atoms with Crippen molar-refractivity contribution < 1.29 is 26.3 Å². The van der Waals surface area contributed by atoms with Crippen molar-refractivity contribution in [2.75, 3.05) is 11.9 Å². The number of nitrogens with zero attached hydrogens (tertiary/aromatic N) is 3. The average Bonchev–Trinajstić information content (AvgIpc) is 3.17. The average molecular weight is 522 g/mol. The molecule has 2 aromatic heterocycles. The summed E-state index contributed by atoms with van der Waals surface area (Å²) in [6.45, 7) is 0.179. The number of alkyl halides is 3. The molecule has 0 radical (unpaired) electrons. The predicted octanol–water partition coefficient (Wildman–Crippen LogP) is 4.34. The molecule has 0 aliphatic heterocycles. The van der Waals surface area contributed by atoms with E-state index in [1.165, 1.54) is 12.1 Å². The minimum absolute atomic E-state index is 0. The van der Waals surface area contributed by atoms with Gasteiger partial charge >= 0.3 is 6.18 Å². The van der Waals surface area contributed by atoms with E-state index in [0.29, 0.717) is 11.6 Å². The zero-order chi connectivity index (χ0) is 22.9. The molecule has 4 rings (SSSR count). The molecule has 0 saturated heterocycles. The maximum Gasteiger partial charge on any atom is 0.422 e. The van der Waals surface area contributed by atoms with Crippen LogP contribution in [0.5, 0.6) is 5.88 Å². The number of aromatic nitrogens is 3. The van der Waals surface area contributed by atoms with Gasteiger partial charge in [0.2, 0.25) is 21.9 Å². The number of anilines is 2. The normalized spacial score (nSPS) is 18.2. The maximum atomic E-state index is 12.9. The highest BCUT2D eigenvalue weighted by Crippen LogP contribution is 2.42. The summed E-state index contributed by atoms with van der Waals surface area (Å²) in [5, 5.41) is 8.99. The maximum absolute atomic E-state index is 12.9. The Hall–Kier alpha value is -2.48. The van der Waals surface area contributed by atoms with Crippen molar-refractivity contribution in [1.29, 1.82) is 0 Å². The minimum Gasteiger partial charge on any atom is -0.476 e. The number of sulfonamides is 1. The van der Waals surface area contributed by atoms with Crippen LogP contribution in [0.1, 0.15) is 29.9 Å². The van der Waals surface area contributed by atoms with Crippen molar-refractivity contribution >= 4 is 45.6 Å². The number of hydrogen-bond acceptors (Lipinski definition) is 8. The highest BCUT2D eigenvalue weighted by Gasteiger charge is 2.37. The summed E-state index contributed by atoms with van der Waals surface area (Å²) >= 11 is 0.721. The van der Waals surface area contributed by atoms with Gasteiger partial charge in [0.1, 0.15) is 5.56 Å². The summed E-state index contributed by atoms with van der Waals surface area (Å²) in [6, 6.07) is 5.87. The van der Waals surface area contributed by atoms with Gasteiger partial charge in [-0.3, -0.25) is 0 Å².